The number of halogens is 1. The second-order valence-corrected chi connectivity index (χ2v) is 7.14. The number of likely N-dealkylation sites (tertiary alicyclic amines) is 1. The Balaban J connectivity index is 1.54. The molecule has 0 radical (unpaired) electrons. The lowest BCUT2D eigenvalue weighted by atomic mass is 9.96. The molecule has 6 heteroatoms. The number of fused-ring (bicyclic) bond motifs is 1. The van der Waals surface area contributed by atoms with E-state index in [0.29, 0.717) is 18.5 Å². The number of benzene rings is 1. The molecule has 136 valence electrons. The largest absolute Gasteiger partial charge is 0.356 e. The summed E-state index contributed by atoms with van der Waals surface area (Å²) in [6.45, 7) is 3.37. The van der Waals surface area contributed by atoms with Crippen molar-refractivity contribution in [3.05, 3.63) is 53.5 Å². The van der Waals surface area contributed by atoms with Gasteiger partial charge >= 0.3 is 0 Å². The normalized spacial score (nSPS) is 17.8. The average molecular weight is 354 g/mol. The van der Waals surface area contributed by atoms with Crippen LogP contribution >= 0.6 is 0 Å². The third-order valence-electron chi connectivity index (χ3n) is 5.43. The summed E-state index contributed by atoms with van der Waals surface area (Å²) in [6, 6.07) is 5.00. The fraction of sp³-hybridized carbons (Fsp3) is 0.400. The van der Waals surface area contributed by atoms with Gasteiger partial charge in [0.1, 0.15) is 11.6 Å². The molecule has 26 heavy (non-hydrogen) atoms. The van der Waals surface area contributed by atoms with Crippen LogP contribution in [-0.2, 0) is 18.3 Å². The highest BCUT2D eigenvalue weighted by atomic mass is 19.1. The highest BCUT2D eigenvalue weighted by Crippen LogP contribution is 2.28. The van der Waals surface area contributed by atoms with E-state index in [0.717, 1.165) is 41.9 Å². The van der Waals surface area contributed by atoms with Crippen LogP contribution in [0.15, 0.2) is 30.6 Å². The van der Waals surface area contributed by atoms with Gasteiger partial charge in [0.15, 0.2) is 0 Å². The minimum Gasteiger partial charge on any atom is -0.356 e. The minimum absolute atomic E-state index is 0.0946. The number of hydrogen-bond donors (Lipinski definition) is 1. The summed E-state index contributed by atoms with van der Waals surface area (Å²) < 4.78 is 16.0. The van der Waals surface area contributed by atoms with Gasteiger partial charge in [-0.25, -0.2) is 9.37 Å². The van der Waals surface area contributed by atoms with Gasteiger partial charge in [-0.1, -0.05) is 12.1 Å². The number of aromatic nitrogens is 3. The summed E-state index contributed by atoms with van der Waals surface area (Å²) in [7, 11) is 1.99. The van der Waals surface area contributed by atoms with E-state index in [1.807, 2.05) is 35.7 Å². The van der Waals surface area contributed by atoms with Crippen molar-refractivity contribution in [3.63, 3.8) is 0 Å². The Hall–Kier alpha value is -2.63. The predicted molar refractivity (Wildman–Crippen MR) is 98.5 cm³/mol. The van der Waals surface area contributed by atoms with Gasteiger partial charge < -0.3 is 14.5 Å². The summed E-state index contributed by atoms with van der Waals surface area (Å²) >= 11 is 0. The van der Waals surface area contributed by atoms with Gasteiger partial charge in [0.05, 0.1) is 11.9 Å². The Labute approximate surface area is 151 Å². The molecule has 1 N–H and O–H groups in total. The molecular formula is C20H23FN4O. The maximum Gasteiger partial charge on any atom is 0.227 e. The monoisotopic (exact) mass is 354 g/mol. The Morgan fingerprint density at radius 2 is 2.27 bits per heavy atom. The Morgan fingerprint density at radius 1 is 1.42 bits per heavy atom. The number of H-pyrrole nitrogens is 1. The lowest BCUT2D eigenvalue weighted by Crippen LogP contribution is -2.40. The zero-order chi connectivity index (χ0) is 18.3. The molecule has 2 aromatic heterocycles. The van der Waals surface area contributed by atoms with Gasteiger partial charge in [-0.2, -0.15) is 0 Å². The molecule has 1 atom stereocenters. The van der Waals surface area contributed by atoms with Crippen molar-refractivity contribution < 1.29 is 9.18 Å². The van der Waals surface area contributed by atoms with Gasteiger partial charge in [-0.05, 0) is 31.4 Å². The number of hydrogen-bond acceptors (Lipinski definition) is 2. The number of piperidine rings is 1. The van der Waals surface area contributed by atoms with E-state index in [9.17, 15) is 9.18 Å². The lowest BCUT2D eigenvalue weighted by molar-refractivity contribution is -0.131. The molecule has 0 spiro atoms. The fourth-order valence-electron chi connectivity index (χ4n) is 4.04. The van der Waals surface area contributed by atoms with Crippen molar-refractivity contribution in [1.82, 2.24) is 19.4 Å². The number of rotatable bonds is 3. The summed E-state index contributed by atoms with van der Waals surface area (Å²) in [5.74, 6) is 1.12. The fourth-order valence-corrected chi connectivity index (χ4v) is 4.04. The number of nitrogens with zero attached hydrogens (tertiary/aromatic N) is 3. The lowest BCUT2D eigenvalue weighted by Gasteiger charge is -2.32. The van der Waals surface area contributed by atoms with Gasteiger partial charge in [-0.15, -0.1) is 0 Å². The van der Waals surface area contributed by atoms with Crippen molar-refractivity contribution in [2.24, 2.45) is 7.05 Å². The number of imidazole rings is 1. The van der Waals surface area contributed by atoms with Crippen LogP contribution in [0, 0.1) is 12.7 Å². The number of amides is 1. The Morgan fingerprint density at radius 3 is 3.04 bits per heavy atom. The number of aromatic amines is 1. The quantitative estimate of drug-likeness (QED) is 0.785. The van der Waals surface area contributed by atoms with Gasteiger partial charge in [0.25, 0.3) is 0 Å². The minimum atomic E-state index is -0.280. The first-order valence-corrected chi connectivity index (χ1v) is 9.05. The molecule has 3 aromatic rings. The zero-order valence-electron chi connectivity index (χ0n) is 15.1. The summed E-state index contributed by atoms with van der Waals surface area (Å²) in [4.78, 5) is 22.4. The molecule has 1 fully saturated rings. The molecular weight excluding hydrogens is 331 g/mol. The average Bonchev–Trinajstić information content (AvgIpc) is 3.20. The molecule has 1 aliphatic rings. The van der Waals surface area contributed by atoms with Crippen LogP contribution in [0.2, 0.25) is 0 Å². The van der Waals surface area contributed by atoms with E-state index in [4.69, 9.17) is 0 Å². The van der Waals surface area contributed by atoms with Crippen LogP contribution in [0.4, 0.5) is 4.39 Å². The Bertz CT molecular complexity index is 958. The second kappa shape index (κ2) is 6.59. The third kappa shape index (κ3) is 2.89. The van der Waals surface area contributed by atoms with Gasteiger partial charge in [0.2, 0.25) is 5.91 Å². The molecule has 0 bridgehead atoms. The molecule has 4 rings (SSSR count). The SMILES string of the molecule is Cc1[nH]c2c(F)cccc2c1CC(=O)N1CCC[C@H](c2nccn2C)C1. The molecule has 3 heterocycles. The van der Waals surface area contributed by atoms with Crippen LogP contribution in [0.25, 0.3) is 10.9 Å². The van der Waals surface area contributed by atoms with E-state index < -0.39 is 0 Å². The topological polar surface area (TPSA) is 53.9 Å². The molecule has 0 unspecified atom stereocenters. The van der Waals surface area contributed by atoms with Gasteiger partial charge in [-0.3, -0.25) is 4.79 Å². The highest BCUT2D eigenvalue weighted by molar-refractivity contribution is 5.90. The number of para-hydroxylation sites is 1. The van der Waals surface area contributed by atoms with Crippen LogP contribution in [0.5, 0.6) is 0 Å². The van der Waals surface area contributed by atoms with Gasteiger partial charge in [0, 0.05) is 49.5 Å². The molecule has 0 aliphatic carbocycles. The van der Waals surface area contributed by atoms with Crippen LogP contribution < -0.4 is 0 Å². The van der Waals surface area contributed by atoms with Crippen molar-refractivity contribution in [3.8, 4) is 0 Å². The van der Waals surface area contributed by atoms with E-state index in [2.05, 4.69) is 9.97 Å². The molecule has 1 saturated heterocycles. The molecule has 5 nitrogen and oxygen atoms in total. The molecule has 1 aromatic carbocycles. The third-order valence-corrected chi connectivity index (χ3v) is 5.43. The van der Waals surface area contributed by atoms with Crippen molar-refractivity contribution in [2.45, 2.75) is 32.1 Å². The Kier molecular flexibility index (Phi) is 4.26. The molecule has 0 saturated carbocycles. The number of aryl methyl sites for hydroxylation is 2. The van der Waals surface area contributed by atoms with Crippen LogP contribution in [0.3, 0.4) is 0 Å². The first kappa shape index (κ1) is 16.8. The first-order valence-electron chi connectivity index (χ1n) is 9.05. The number of nitrogens with one attached hydrogen (secondary N) is 1. The van der Waals surface area contributed by atoms with Crippen molar-refractivity contribution in [2.75, 3.05) is 13.1 Å². The van der Waals surface area contributed by atoms with Crippen molar-refractivity contribution >= 4 is 16.8 Å². The summed E-state index contributed by atoms with van der Waals surface area (Å²) in [5.41, 5.74) is 2.23. The maximum atomic E-state index is 14.0. The highest BCUT2D eigenvalue weighted by Gasteiger charge is 2.27. The number of carbonyl (C=O) groups is 1. The summed E-state index contributed by atoms with van der Waals surface area (Å²) in [5, 5.41) is 0.800. The predicted octanol–water partition coefficient (Wildman–Crippen LogP) is 3.30. The van der Waals surface area contributed by atoms with Crippen LogP contribution in [0.1, 0.15) is 35.8 Å². The second-order valence-electron chi connectivity index (χ2n) is 7.14. The molecule has 1 aliphatic heterocycles. The van der Waals surface area contributed by atoms with Crippen molar-refractivity contribution in [1.29, 1.82) is 0 Å². The van der Waals surface area contributed by atoms with Crippen LogP contribution in [-0.4, -0.2) is 38.4 Å². The smallest absolute Gasteiger partial charge is 0.227 e. The summed E-state index contributed by atoms with van der Waals surface area (Å²) in [6.07, 6.45) is 6.07. The first-order chi connectivity index (χ1) is 12.5. The van der Waals surface area contributed by atoms with E-state index in [1.54, 1.807) is 12.3 Å². The molecule has 1 amide bonds. The van der Waals surface area contributed by atoms with E-state index in [-0.39, 0.29) is 17.6 Å². The number of carbonyl (C=O) groups excluding carboxylic acids is 1. The standard InChI is InChI=1S/C20H23FN4O/c1-13-16(15-6-3-7-17(21)19(15)23-13)11-18(26)25-9-4-5-14(12-25)20-22-8-10-24(20)2/h3,6-8,10,14,23H,4-5,9,11-12H2,1-2H3/t14-/m0/s1. The van der Waals surface area contributed by atoms with E-state index >= 15 is 0 Å². The zero-order valence-corrected chi connectivity index (χ0v) is 15.1. The maximum absolute atomic E-state index is 14.0. The van der Waals surface area contributed by atoms with E-state index in [1.165, 1.54) is 6.07 Å².